The van der Waals surface area contributed by atoms with Crippen LogP contribution in [-0.4, -0.2) is 33.9 Å². The van der Waals surface area contributed by atoms with Gasteiger partial charge in [0.05, 0.1) is 19.5 Å². The molecule has 2 rings (SSSR count). The Bertz CT molecular complexity index is 576. The first-order valence-corrected chi connectivity index (χ1v) is 5.17. The minimum absolute atomic E-state index is 0.000185. The summed E-state index contributed by atoms with van der Waals surface area (Å²) in [6, 6.07) is 0. The monoisotopic (exact) mass is 288 g/mol. The predicted octanol–water partition coefficient (Wildman–Crippen LogP) is 1.91. The summed E-state index contributed by atoms with van der Waals surface area (Å²) >= 11 is 5.27. The third-order valence-electron chi connectivity index (χ3n) is 1.69. The highest BCUT2D eigenvalue weighted by molar-refractivity contribution is 6.27. The molecule has 0 spiro atoms. The number of aromatic carboxylic acids is 1. The molecule has 102 valence electrons. The average Bonchev–Trinajstić information content (AvgIpc) is 2.97. The van der Waals surface area contributed by atoms with Crippen molar-refractivity contribution in [3.63, 3.8) is 0 Å². The van der Waals surface area contributed by atoms with E-state index >= 15 is 0 Å². The summed E-state index contributed by atoms with van der Waals surface area (Å²) in [6.07, 6.45) is 2.34. The summed E-state index contributed by atoms with van der Waals surface area (Å²) in [7, 11) is 1.34. The molecule has 0 atom stereocenters. The van der Waals surface area contributed by atoms with E-state index in [0.717, 1.165) is 6.20 Å². The smallest absolute Gasteiger partial charge is 0.393 e. The van der Waals surface area contributed by atoms with Crippen molar-refractivity contribution in [3.05, 3.63) is 29.3 Å². The molecule has 0 bridgehead atoms. The summed E-state index contributed by atoms with van der Waals surface area (Å²) in [6.45, 7) is 1.39. The Morgan fingerprint density at radius 3 is 2.16 bits per heavy atom. The van der Waals surface area contributed by atoms with Gasteiger partial charge in [-0.25, -0.2) is 9.78 Å². The number of hydrogen-bond donors (Lipinski definition) is 1. The van der Waals surface area contributed by atoms with Gasteiger partial charge in [0.2, 0.25) is 5.76 Å². The number of carbonyl (C=O) groups is 2. The molecule has 2 aromatic heterocycles. The fourth-order valence-corrected chi connectivity index (χ4v) is 0.999. The van der Waals surface area contributed by atoms with Crippen LogP contribution in [0.3, 0.4) is 0 Å². The fraction of sp³-hybridized carbons (Fsp3) is 0.200. The van der Waals surface area contributed by atoms with E-state index in [9.17, 15) is 9.59 Å². The lowest BCUT2D eigenvalue weighted by atomic mass is 10.4. The lowest BCUT2D eigenvalue weighted by Gasteiger charge is -1.86. The number of halogens is 1. The van der Waals surface area contributed by atoms with Crippen LogP contribution >= 0.6 is 11.6 Å². The second-order valence-corrected chi connectivity index (χ2v) is 3.36. The maximum atomic E-state index is 10.5. The Hall–Kier alpha value is -2.35. The Labute approximate surface area is 112 Å². The maximum Gasteiger partial charge on any atom is 0.393 e. The molecule has 0 aliphatic carbocycles. The summed E-state index contributed by atoms with van der Waals surface area (Å²) in [5.74, 6) is -1.36. The number of nitrogens with zero attached hydrogens (tertiary/aromatic N) is 2. The van der Waals surface area contributed by atoms with Crippen molar-refractivity contribution in [3.8, 4) is 6.08 Å². The summed E-state index contributed by atoms with van der Waals surface area (Å²) in [4.78, 5) is 27.6. The Kier molecular flexibility index (Phi) is 5.07. The number of ketones is 1. The highest BCUT2D eigenvalue weighted by Gasteiger charge is 2.09. The molecule has 0 saturated carbocycles. The van der Waals surface area contributed by atoms with Crippen molar-refractivity contribution in [2.75, 3.05) is 7.11 Å². The molecule has 2 aromatic rings. The quantitative estimate of drug-likeness (QED) is 0.851. The number of carbonyl (C=O) groups excluding carboxylic acids is 1. The van der Waals surface area contributed by atoms with E-state index in [1.807, 2.05) is 0 Å². The first-order chi connectivity index (χ1) is 8.93. The van der Waals surface area contributed by atoms with Crippen LogP contribution in [-0.2, 0) is 0 Å². The zero-order valence-corrected chi connectivity index (χ0v) is 10.7. The number of aromatic nitrogens is 2. The molecule has 0 amide bonds. The van der Waals surface area contributed by atoms with E-state index in [1.165, 1.54) is 20.2 Å². The van der Waals surface area contributed by atoms with Gasteiger partial charge in [-0.15, -0.1) is 0 Å². The molecule has 0 unspecified atom stereocenters. The summed E-state index contributed by atoms with van der Waals surface area (Å²) in [5.41, 5.74) is 0. The number of rotatable bonds is 3. The van der Waals surface area contributed by atoms with Gasteiger partial charge < -0.3 is 18.7 Å². The maximum absolute atomic E-state index is 10.5. The minimum Gasteiger partial charge on any atom is -0.475 e. The van der Waals surface area contributed by atoms with Crippen molar-refractivity contribution in [2.24, 2.45) is 0 Å². The highest BCUT2D eigenvalue weighted by atomic mass is 35.5. The molecule has 0 aliphatic heterocycles. The molecular formula is C10H9ClN2O6. The average molecular weight is 289 g/mol. The Morgan fingerprint density at radius 1 is 1.26 bits per heavy atom. The van der Waals surface area contributed by atoms with E-state index in [2.05, 4.69) is 23.5 Å². The minimum atomic E-state index is -1.16. The van der Waals surface area contributed by atoms with Crippen molar-refractivity contribution in [1.82, 2.24) is 9.97 Å². The normalized spacial score (nSPS) is 9.42. The van der Waals surface area contributed by atoms with E-state index in [-0.39, 0.29) is 28.7 Å². The second-order valence-electron chi connectivity index (χ2n) is 3.03. The van der Waals surface area contributed by atoms with Gasteiger partial charge in [0, 0.05) is 6.92 Å². The van der Waals surface area contributed by atoms with E-state index in [4.69, 9.17) is 16.7 Å². The van der Waals surface area contributed by atoms with Gasteiger partial charge in [-0.05, 0) is 11.6 Å². The predicted molar refractivity (Wildman–Crippen MR) is 61.5 cm³/mol. The molecule has 19 heavy (non-hydrogen) atoms. The van der Waals surface area contributed by atoms with Crippen LogP contribution in [0.1, 0.15) is 28.0 Å². The molecule has 0 aromatic carbocycles. The van der Waals surface area contributed by atoms with E-state index in [0.29, 0.717) is 0 Å². The number of Topliss-reactive ketones (excluding diaryl/α,β-unsaturated/α-hetero) is 1. The Morgan fingerprint density at radius 2 is 1.89 bits per heavy atom. The largest absolute Gasteiger partial charge is 0.475 e. The molecule has 2 heterocycles. The number of hydrogen-bond acceptors (Lipinski definition) is 7. The third-order valence-corrected chi connectivity index (χ3v) is 1.87. The number of carboxylic acids is 1. The van der Waals surface area contributed by atoms with Crippen molar-refractivity contribution >= 4 is 23.4 Å². The van der Waals surface area contributed by atoms with Crippen molar-refractivity contribution in [2.45, 2.75) is 6.92 Å². The van der Waals surface area contributed by atoms with Gasteiger partial charge in [-0.1, -0.05) is 0 Å². The first kappa shape index (κ1) is 14.7. The molecule has 8 nitrogen and oxygen atoms in total. The van der Waals surface area contributed by atoms with Gasteiger partial charge in [0.25, 0.3) is 5.35 Å². The van der Waals surface area contributed by atoms with Crippen LogP contribution in [0.2, 0.25) is 5.35 Å². The topological polar surface area (TPSA) is 116 Å². The van der Waals surface area contributed by atoms with Gasteiger partial charge in [-0.3, -0.25) is 4.79 Å². The SMILES string of the molecule is CC(=O)c1cnc(Cl)o1.COc1ncc(C(=O)O)o1. The zero-order chi connectivity index (χ0) is 14.4. The van der Waals surface area contributed by atoms with E-state index < -0.39 is 5.97 Å². The Balaban J connectivity index is 0.000000191. The van der Waals surface area contributed by atoms with Crippen LogP contribution in [0.5, 0.6) is 6.08 Å². The van der Waals surface area contributed by atoms with Gasteiger partial charge >= 0.3 is 12.0 Å². The number of carboxylic acid groups (broad SMARTS) is 1. The fourth-order valence-electron chi connectivity index (χ4n) is 0.867. The van der Waals surface area contributed by atoms with Crippen LogP contribution in [0.15, 0.2) is 21.2 Å². The molecule has 0 saturated heterocycles. The summed E-state index contributed by atoms with van der Waals surface area (Å²) < 4.78 is 13.7. The lowest BCUT2D eigenvalue weighted by Crippen LogP contribution is -1.91. The van der Waals surface area contributed by atoms with Crippen molar-refractivity contribution in [1.29, 1.82) is 0 Å². The standard InChI is InChI=1S/C5H4ClNO2.C5H5NO4/c1-3(8)4-2-7-5(6)9-4;1-9-5-6-2-3(10-5)4(7)8/h2H,1H3;2H,1H3,(H,7,8). The van der Waals surface area contributed by atoms with Crippen LogP contribution in [0.25, 0.3) is 0 Å². The molecule has 0 fully saturated rings. The van der Waals surface area contributed by atoms with Gasteiger partial charge in [0.1, 0.15) is 0 Å². The second kappa shape index (κ2) is 6.55. The lowest BCUT2D eigenvalue weighted by molar-refractivity contribution is 0.0655. The highest BCUT2D eigenvalue weighted by Crippen LogP contribution is 2.09. The van der Waals surface area contributed by atoms with Gasteiger partial charge in [0.15, 0.2) is 11.5 Å². The molecule has 1 N–H and O–H groups in total. The number of methoxy groups -OCH3 is 1. The van der Waals surface area contributed by atoms with Crippen molar-refractivity contribution < 1.29 is 28.3 Å². The van der Waals surface area contributed by atoms with E-state index in [1.54, 1.807) is 0 Å². The van der Waals surface area contributed by atoms with Crippen LogP contribution in [0.4, 0.5) is 0 Å². The van der Waals surface area contributed by atoms with Crippen LogP contribution < -0.4 is 4.74 Å². The van der Waals surface area contributed by atoms with Gasteiger partial charge in [-0.2, -0.15) is 4.98 Å². The van der Waals surface area contributed by atoms with Crippen LogP contribution in [0, 0.1) is 0 Å². The summed E-state index contributed by atoms with van der Waals surface area (Å²) in [5, 5.41) is 8.30. The molecule has 0 aliphatic rings. The third kappa shape index (κ3) is 4.43. The number of ether oxygens (including phenoxy) is 1. The first-order valence-electron chi connectivity index (χ1n) is 4.79. The molecule has 9 heteroatoms. The zero-order valence-electron chi connectivity index (χ0n) is 9.92. The molecule has 0 radical (unpaired) electrons. The molecular weight excluding hydrogens is 280 g/mol. The number of oxazole rings is 2.